The number of fused-ring (bicyclic) bond motifs is 2. The van der Waals surface area contributed by atoms with Crippen molar-refractivity contribution in [2.24, 2.45) is 0 Å². The van der Waals surface area contributed by atoms with Crippen LogP contribution < -0.4 is 0 Å². The molecular weight excluding hydrogens is 411 g/mol. The number of H-pyrrole nitrogens is 2. The predicted octanol–water partition coefficient (Wildman–Crippen LogP) is 7.13. The summed E-state index contributed by atoms with van der Waals surface area (Å²) in [6.45, 7) is 0. The van der Waals surface area contributed by atoms with E-state index in [1.807, 2.05) is 0 Å². The number of alkyl halides is 3. The Bertz CT molecular complexity index is 1310. The molecule has 0 saturated heterocycles. The maximum Gasteiger partial charge on any atom is 0.416 e. The summed E-state index contributed by atoms with van der Waals surface area (Å²) in [6.07, 6.45) is -1.16. The van der Waals surface area contributed by atoms with Gasteiger partial charge in [0.1, 0.15) is 11.6 Å². The molecule has 0 unspecified atom stereocenters. The molecule has 0 atom stereocenters. The van der Waals surface area contributed by atoms with E-state index in [-0.39, 0.29) is 0 Å². The van der Waals surface area contributed by atoms with E-state index in [0.29, 0.717) is 38.5 Å². The lowest BCUT2D eigenvalue weighted by molar-refractivity contribution is -0.137. The van der Waals surface area contributed by atoms with Crippen LogP contribution in [0.15, 0.2) is 73.1 Å². The van der Waals surface area contributed by atoms with Gasteiger partial charge in [-0.2, -0.15) is 13.2 Å². The van der Waals surface area contributed by atoms with E-state index in [4.69, 9.17) is 0 Å². The maximum atomic E-state index is 14.3. The topological polar surface area (TPSA) is 31.6 Å². The van der Waals surface area contributed by atoms with E-state index in [0.717, 1.165) is 12.1 Å². The van der Waals surface area contributed by atoms with Crippen LogP contribution in [0.4, 0.5) is 22.0 Å². The molecule has 2 nitrogen and oxygen atoms in total. The monoisotopic (exact) mass is 426 g/mol. The van der Waals surface area contributed by atoms with Crippen molar-refractivity contribution in [1.29, 1.82) is 0 Å². The average molecular weight is 426 g/mol. The Morgan fingerprint density at radius 3 is 1.58 bits per heavy atom. The molecular formula is C24H15F5N2. The predicted molar refractivity (Wildman–Crippen MR) is 109 cm³/mol. The first-order chi connectivity index (χ1) is 14.8. The van der Waals surface area contributed by atoms with Crippen LogP contribution in [0, 0.1) is 11.6 Å². The van der Waals surface area contributed by atoms with Crippen molar-refractivity contribution in [2.75, 3.05) is 0 Å². The first-order valence-corrected chi connectivity index (χ1v) is 9.53. The second-order valence-corrected chi connectivity index (χ2v) is 7.37. The van der Waals surface area contributed by atoms with Crippen LogP contribution in [0.1, 0.15) is 28.2 Å². The van der Waals surface area contributed by atoms with Gasteiger partial charge in [-0.05, 0) is 41.0 Å². The quantitative estimate of drug-likeness (QED) is 0.288. The van der Waals surface area contributed by atoms with Crippen molar-refractivity contribution < 1.29 is 22.0 Å². The Hall–Kier alpha value is -3.61. The smallest absolute Gasteiger partial charge is 0.358 e. The van der Waals surface area contributed by atoms with Crippen LogP contribution >= 0.6 is 0 Å². The van der Waals surface area contributed by atoms with Crippen molar-refractivity contribution in [3.05, 3.63) is 107 Å². The number of aromatic amines is 2. The van der Waals surface area contributed by atoms with Crippen LogP contribution in [-0.4, -0.2) is 9.97 Å². The largest absolute Gasteiger partial charge is 0.416 e. The highest BCUT2D eigenvalue weighted by molar-refractivity contribution is 5.89. The standard InChI is InChI=1S/C24H15F5N2/c25-19-5-1-3-15-17(11-30-22(15)19)21(13-7-9-14(10-8-13)24(27,28)29)18-12-31-23-16(18)4-2-6-20(23)26/h1-12,21,30-31H. The van der Waals surface area contributed by atoms with E-state index in [2.05, 4.69) is 9.97 Å². The Morgan fingerprint density at radius 1 is 0.645 bits per heavy atom. The maximum absolute atomic E-state index is 14.3. The summed E-state index contributed by atoms with van der Waals surface area (Å²) in [5, 5.41) is 1.21. The minimum absolute atomic E-state index is 0.306. The molecule has 0 amide bonds. The molecule has 0 aliphatic carbocycles. The molecule has 0 radical (unpaired) electrons. The van der Waals surface area contributed by atoms with E-state index in [1.165, 1.54) is 24.3 Å². The average Bonchev–Trinajstić information content (AvgIpc) is 3.35. The van der Waals surface area contributed by atoms with Crippen molar-refractivity contribution >= 4 is 21.8 Å². The lowest BCUT2D eigenvalue weighted by Gasteiger charge is -2.18. The summed E-state index contributed by atoms with van der Waals surface area (Å²) in [5.41, 5.74) is 1.79. The van der Waals surface area contributed by atoms with Gasteiger partial charge in [0.05, 0.1) is 16.6 Å². The lowest BCUT2D eigenvalue weighted by atomic mass is 9.84. The highest BCUT2D eigenvalue weighted by Crippen LogP contribution is 2.41. The Morgan fingerprint density at radius 2 is 1.13 bits per heavy atom. The minimum Gasteiger partial charge on any atom is -0.358 e. The lowest BCUT2D eigenvalue weighted by Crippen LogP contribution is -2.07. The van der Waals surface area contributed by atoms with Gasteiger partial charge < -0.3 is 9.97 Å². The zero-order valence-corrected chi connectivity index (χ0v) is 15.9. The van der Waals surface area contributed by atoms with Gasteiger partial charge in [0.2, 0.25) is 0 Å². The van der Waals surface area contributed by atoms with Gasteiger partial charge in [-0.25, -0.2) is 8.78 Å². The third-order valence-corrected chi connectivity index (χ3v) is 5.59. The fraction of sp³-hybridized carbons (Fsp3) is 0.0833. The molecule has 156 valence electrons. The van der Waals surface area contributed by atoms with Crippen molar-refractivity contribution in [2.45, 2.75) is 12.1 Å². The number of nitrogens with one attached hydrogen (secondary N) is 2. The molecule has 5 aromatic rings. The SMILES string of the molecule is Fc1cccc2c(C(c3ccc(C(F)(F)F)cc3)c3c[nH]c4c(F)cccc34)c[nH]c12. The molecule has 5 rings (SSSR count). The minimum atomic E-state index is -4.46. The third-order valence-electron chi connectivity index (χ3n) is 5.59. The van der Waals surface area contributed by atoms with Crippen LogP contribution in [0.2, 0.25) is 0 Å². The Labute approximate surface area is 173 Å². The van der Waals surface area contributed by atoms with Crippen LogP contribution in [0.3, 0.4) is 0 Å². The zero-order valence-electron chi connectivity index (χ0n) is 15.9. The highest BCUT2D eigenvalue weighted by atomic mass is 19.4. The van der Waals surface area contributed by atoms with Crippen molar-refractivity contribution in [3.63, 3.8) is 0 Å². The van der Waals surface area contributed by atoms with E-state index in [9.17, 15) is 22.0 Å². The number of hydrogen-bond acceptors (Lipinski definition) is 0. The number of para-hydroxylation sites is 2. The van der Waals surface area contributed by atoms with Gasteiger partial charge in [-0.3, -0.25) is 0 Å². The van der Waals surface area contributed by atoms with Gasteiger partial charge >= 0.3 is 6.18 Å². The zero-order chi connectivity index (χ0) is 21.8. The molecule has 7 heteroatoms. The molecule has 2 N–H and O–H groups in total. The second-order valence-electron chi connectivity index (χ2n) is 7.37. The molecule has 0 spiro atoms. The second kappa shape index (κ2) is 6.97. The molecule has 0 bridgehead atoms. The fourth-order valence-electron chi connectivity index (χ4n) is 4.15. The number of halogens is 5. The van der Waals surface area contributed by atoms with Gasteiger partial charge in [0.25, 0.3) is 0 Å². The molecule has 2 heterocycles. The molecule has 31 heavy (non-hydrogen) atoms. The third kappa shape index (κ3) is 3.17. The first kappa shape index (κ1) is 19.4. The van der Waals surface area contributed by atoms with Crippen LogP contribution in [-0.2, 0) is 6.18 Å². The molecule has 0 aliphatic heterocycles. The van der Waals surface area contributed by atoms with Crippen LogP contribution in [0.25, 0.3) is 21.8 Å². The number of rotatable bonds is 3. The highest BCUT2D eigenvalue weighted by Gasteiger charge is 2.31. The molecule has 2 aromatic heterocycles. The normalized spacial score (nSPS) is 12.3. The molecule has 3 aromatic carbocycles. The molecule has 0 aliphatic rings. The molecule has 0 saturated carbocycles. The van der Waals surface area contributed by atoms with Crippen molar-refractivity contribution in [1.82, 2.24) is 9.97 Å². The number of aromatic nitrogens is 2. The van der Waals surface area contributed by atoms with E-state index in [1.54, 1.807) is 36.7 Å². The van der Waals surface area contributed by atoms with E-state index < -0.39 is 29.3 Å². The summed E-state index contributed by atoms with van der Waals surface area (Å²) in [5.74, 6) is -1.41. The number of hydrogen-bond donors (Lipinski definition) is 2. The summed E-state index contributed by atoms with van der Waals surface area (Å²) in [4.78, 5) is 5.85. The number of benzene rings is 3. The van der Waals surface area contributed by atoms with Gasteiger partial charge in [0.15, 0.2) is 0 Å². The summed E-state index contributed by atoms with van der Waals surface area (Å²) in [7, 11) is 0. The summed E-state index contributed by atoms with van der Waals surface area (Å²) < 4.78 is 67.8. The van der Waals surface area contributed by atoms with Crippen LogP contribution in [0.5, 0.6) is 0 Å². The summed E-state index contributed by atoms with van der Waals surface area (Å²) >= 11 is 0. The van der Waals surface area contributed by atoms with E-state index >= 15 is 0 Å². The summed E-state index contributed by atoms with van der Waals surface area (Å²) in [6, 6.07) is 14.2. The van der Waals surface area contributed by atoms with Crippen molar-refractivity contribution in [3.8, 4) is 0 Å². The van der Waals surface area contributed by atoms with Gasteiger partial charge in [0, 0.05) is 29.1 Å². The van der Waals surface area contributed by atoms with Gasteiger partial charge in [-0.1, -0.05) is 36.4 Å². The first-order valence-electron chi connectivity index (χ1n) is 9.53. The molecule has 0 fully saturated rings. The van der Waals surface area contributed by atoms with Gasteiger partial charge in [-0.15, -0.1) is 0 Å². The Balaban J connectivity index is 1.76. The Kier molecular flexibility index (Phi) is 4.36. The fourth-order valence-corrected chi connectivity index (χ4v) is 4.15.